The van der Waals surface area contributed by atoms with Crippen LogP contribution in [0.4, 0.5) is 15.8 Å². The number of carboxylic acid groups (broad SMARTS) is 1. The summed E-state index contributed by atoms with van der Waals surface area (Å²) in [6, 6.07) is 7.96. The van der Waals surface area contributed by atoms with Crippen LogP contribution in [-0.4, -0.2) is 17.0 Å². The third-order valence-corrected chi connectivity index (χ3v) is 3.43. The number of nitrogen functional groups attached to an aromatic ring is 1. The second-order valence-corrected chi connectivity index (χ2v) is 5.04. The zero-order valence-electron chi connectivity index (χ0n) is 10.6. The molecular weight excluding hydrogens is 343 g/mol. The molecule has 0 aliphatic carbocycles. The molecule has 2 aromatic rings. The highest BCUT2D eigenvalue weighted by Gasteiger charge is 2.13. The maximum absolute atomic E-state index is 13.3. The molecule has 0 saturated heterocycles. The van der Waals surface area contributed by atoms with E-state index in [4.69, 9.17) is 10.8 Å². The fourth-order valence-electron chi connectivity index (χ4n) is 1.66. The smallest absolute Gasteiger partial charge is 0.338 e. The van der Waals surface area contributed by atoms with Gasteiger partial charge in [-0.2, -0.15) is 0 Å². The standard InChI is InChI=1S/C14H10BrFN2O3/c15-10-3-1-7(5-12(10)17)13(19)18-8-2-4-11(16)9(6-8)14(20)21/h1-6H,17H2,(H,18,19)(H,20,21). The topological polar surface area (TPSA) is 92.4 Å². The average Bonchev–Trinajstić information content (AvgIpc) is 2.43. The first kappa shape index (κ1) is 15.0. The highest BCUT2D eigenvalue weighted by Crippen LogP contribution is 2.21. The minimum Gasteiger partial charge on any atom is -0.478 e. The Bertz CT molecular complexity index is 734. The number of anilines is 2. The SMILES string of the molecule is Nc1cc(C(=O)Nc2ccc(F)c(C(=O)O)c2)ccc1Br. The van der Waals surface area contributed by atoms with Gasteiger partial charge in [0.05, 0.1) is 5.56 Å². The molecule has 108 valence electrons. The number of amides is 1. The van der Waals surface area contributed by atoms with Crippen molar-refractivity contribution in [2.75, 3.05) is 11.1 Å². The van der Waals surface area contributed by atoms with Crippen LogP contribution in [0.5, 0.6) is 0 Å². The van der Waals surface area contributed by atoms with Crippen molar-refractivity contribution in [3.8, 4) is 0 Å². The van der Waals surface area contributed by atoms with Crippen LogP contribution in [0.2, 0.25) is 0 Å². The maximum Gasteiger partial charge on any atom is 0.338 e. The molecule has 0 heterocycles. The molecule has 5 nitrogen and oxygen atoms in total. The van der Waals surface area contributed by atoms with E-state index < -0.39 is 23.3 Å². The predicted molar refractivity (Wildman–Crippen MR) is 79.9 cm³/mol. The number of rotatable bonds is 3. The Balaban J connectivity index is 2.25. The molecule has 0 spiro atoms. The second kappa shape index (κ2) is 5.92. The lowest BCUT2D eigenvalue weighted by molar-refractivity contribution is 0.0691. The summed E-state index contributed by atoms with van der Waals surface area (Å²) < 4.78 is 13.9. The van der Waals surface area contributed by atoms with Gasteiger partial charge in [-0.3, -0.25) is 4.79 Å². The average molecular weight is 353 g/mol. The van der Waals surface area contributed by atoms with E-state index in [0.29, 0.717) is 15.7 Å². The van der Waals surface area contributed by atoms with Gasteiger partial charge in [0, 0.05) is 21.4 Å². The van der Waals surface area contributed by atoms with E-state index in [-0.39, 0.29) is 5.69 Å². The van der Waals surface area contributed by atoms with Gasteiger partial charge in [0.25, 0.3) is 5.91 Å². The first-order valence-electron chi connectivity index (χ1n) is 5.77. The first-order valence-corrected chi connectivity index (χ1v) is 6.57. The molecule has 0 aliphatic rings. The van der Waals surface area contributed by atoms with Crippen molar-refractivity contribution in [2.45, 2.75) is 0 Å². The third-order valence-electron chi connectivity index (χ3n) is 2.71. The van der Waals surface area contributed by atoms with Crippen LogP contribution in [0.1, 0.15) is 20.7 Å². The molecule has 0 saturated carbocycles. The molecule has 2 aromatic carbocycles. The highest BCUT2D eigenvalue weighted by atomic mass is 79.9. The molecular formula is C14H10BrFN2O3. The Kier molecular flexibility index (Phi) is 4.23. The van der Waals surface area contributed by atoms with E-state index in [1.807, 2.05) is 0 Å². The van der Waals surface area contributed by atoms with Crippen molar-refractivity contribution in [2.24, 2.45) is 0 Å². The minimum absolute atomic E-state index is 0.181. The van der Waals surface area contributed by atoms with Gasteiger partial charge in [0.15, 0.2) is 0 Å². The molecule has 1 amide bonds. The Morgan fingerprint density at radius 3 is 2.52 bits per heavy atom. The van der Waals surface area contributed by atoms with Crippen molar-refractivity contribution in [3.05, 3.63) is 57.8 Å². The Labute approximate surface area is 127 Å². The largest absolute Gasteiger partial charge is 0.478 e. The maximum atomic E-state index is 13.3. The summed E-state index contributed by atoms with van der Waals surface area (Å²) >= 11 is 3.22. The molecule has 0 atom stereocenters. The van der Waals surface area contributed by atoms with Gasteiger partial charge in [-0.15, -0.1) is 0 Å². The predicted octanol–water partition coefficient (Wildman–Crippen LogP) is 3.12. The molecule has 7 heteroatoms. The fourth-order valence-corrected chi connectivity index (χ4v) is 1.90. The molecule has 21 heavy (non-hydrogen) atoms. The van der Waals surface area contributed by atoms with Crippen LogP contribution < -0.4 is 11.1 Å². The number of carbonyl (C=O) groups is 2. The Morgan fingerprint density at radius 1 is 1.19 bits per heavy atom. The monoisotopic (exact) mass is 352 g/mol. The molecule has 0 aliphatic heterocycles. The van der Waals surface area contributed by atoms with Gasteiger partial charge in [-0.05, 0) is 52.3 Å². The van der Waals surface area contributed by atoms with E-state index in [1.54, 1.807) is 12.1 Å². The quantitative estimate of drug-likeness (QED) is 0.740. The summed E-state index contributed by atoms with van der Waals surface area (Å²) in [6.45, 7) is 0. The zero-order valence-corrected chi connectivity index (χ0v) is 12.1. The lowest BCUT2D eigenvalue weighted by atomic mass is 10.1. The molecule has 2 rings (SSSR count). The zero-order chi connectivity index (χ0) is 15.6. The number of carbonyl (C=O) groups excluding carboxylic acids is 1. The second-order valence-electron chi connectivity index (χ2n) is 4.19. The van der Waals surface area contributed by atoms with E-state index in [9.17, 15) is 14.0 Å². The molecule has 0 radical (unpaired) electrons. The van der Waals surface area contributed by atoms with E-state index in [0.717, 1.165) is 12.1 Å². The van der Waals surface area contributed by atoms with Gasteiger partial charge < -0.3 is 16.2 Å². The number of hydrogen-bond acceptors (Lipinski definition) is 3. The van der Waals surface area contributed by atoms with Gasteiger partial charge in [0.1, 0.15) is 5.82 Å². The third kappa shape index (κ3) is 3.38. The van der Waals surface area contributed by atoms with Gasteiger partial charge >= 0.3 is 5.97 Å². The van der Waals surface area contributed by atoms with Crippen LogP contribution in [0.25, 0.3) is 0 Å². The fraction of sp³-hybridized carbons (Fsp3) is 0. The van der Waals surface area contributed by atoms with Crippen molar-refractivity contribution in [3.63, 3.8) is 0 Å². The van der Waals surface area contributed by atoms with Gasteiger partial charge in [-0.1, -0.05) is 0 Å². The van der Waals surface area contributed by atoms with Crippen LogP contribution in [0.15, 0.2) is 40.9 Å². The summed E-state index contributed by atoms with van der Waals surface area (Å²) in [5.41, 5.74) is 6.05. The number of aromatic carboxylic acids is 1. The normalized spacial score (nSPS) is 10.2. The highest BCUT2D eigenvalue weighted by molar-refractivity contribution is 9.10. The van der Waals surface area contributed by atoms with Crippen LogP contribution in [0, 0.1) is 5.82 Å². The number of carboxylic acids is 1. The van der Waals surface area contributed by atoms with Gasteiger partial charge in [-0.25, -0.2) is 9.18 Å². The van der Waals surface area contributed by atoms with Crippen LogP contribution >= 0.6 is 15.9 Å². The van der Waals surface area contributed by atoms with Crippen LogP contribution in [0.3, 0.4) is 0 Å². The van der Waals surface area contributed by atoms with Crippen molar-refractivity contribution in [1.29, 1.82) is 0 Å². The first-order chi connectivity index (χ1) is 9.88. The molecule has 4 N–H and O–H groups in total. The summed E-state index contributed by atoms with van der Waals surface area (Å²) in [7, 11) is 0. The Hall–Kier alpha value is -2.41. The van der Waals surface area contributed by atoms with Crippen molar-refractivity contribution in [1.82, 2.24) is 0 Å². The Morgan fingerprint density at radius 2 is 1.90 bits per heavy atom. The summed E-state index contributed by atoms with van der Waals surface area (Å²) in [6.07, 6.45) is 0. The molecule has 0 bridgehead atoms. The van der Waals surface area contributed by atoms with E-state index in [1.165, 1.54) is 12.1 Å². The van der Waals surface area contributed by atoms with Crippen molar-refractivity contribution < 1.29 is 19.1 Å². The minimum atomic E-state index is -1.41. The number of nitrogens with one attached hydrogen (secondary N) is 1. The molecule has 0 fully saturated rings. The number of hydrogen-bond donors (Lipinski definition) is 3. The van der Waals surface area contributed by atoms with Gasteiger partial charge in [0.2, 0.25) is 0 Å². The van der Waals surface area contributed by atoms with Crippen LogP contribution in [-0.2, 0) is 0 Å². The lowest BCUT2D eigenvalue weighted by Gasteiger charge is -2.08. The summed E-state index contributed by atoms with van der Waals surface area (Å²) in [4.78, 5) is 22.9. The van der Waals surface area contributed by atoms with E-state index >= 15 is 0 Å². The number of halogens is 2. The number of nitrogens with two attached hydrogens (primary N) is 1. The van der Waals surface area contributed by atoms with E-state index in [2.05, 4.69) is 21.2 Å². The van der Waals surface area contributed by atoms with Crippen molar-refractivity contribution >= 4 is 39.2 Å². The lowest BCUT2D eigenvalue weighted by Crippen LogP contribution is -2.13. The molecule has 0 unspecified atom stereocenters. The summed E-state index contributed by atoms with van der Waals surface area (Å²) in [5.74, 6) is -2.75. The number of benzene rings is 2. The molecule has 0 aromatic heterocycles. The summed E-state index contributed by atoms with van der Waals surface area (Å²) in [5, 5.41) is 11.3.